The van der Waals surface area contributed by atoms with Gasteiger partial charge >= 0.3 is 0 Å². The van der Waals surface area contributed by atoms with Crippen LogP contribution in [0.1, 0.15) is 54.1 Å². The zero-order valence-corrected chi connectivity index (χ0v) is 20.0. The quantitative estimate of drug-likeness (QED) is 0.420. The highest BCUT2D eigenvalue weighted by atomic mass is 31.1. The second-order valence-electron chi connectivity index (χ2n) is 8.09. The molecule has 31 heavy (non-hydrogen) atoms. The predicted octanol–water partition coefficient (Wildman–Crippen LogP) is 6.16. The minimum Gasteiger partial charge on any atom is -0.380 e. The van der Waals surface area contributed by atoms with Crippen LogP contribution >= 0.6 is 7.92 Å². The molecule has 0 bridgehead atoms. The van der Waals surface area contributed by atoms with Crippen molar-refractivity contribution in [2.24, 2.45) is 0 Å². The molecule has 0 heterocycles. The molecule has 0 amide bonds. The number of aryl methyl sites for hydroxylation is 5. The lowest BCUT2D eigenvalue weighted by atomic mass is 10.0. The molecule has 0 aliphatic heterocycles. The zero-order chi connectivity index (χ0) is 22.7. The minimum absolute atomic E-state index is 0.0824. The molecule has 1 unspecified atom stereocenters. The first-order chi connectivity index (χ1) is 14.7. The zero-order valence-electron chi connectivity index (χ0n) is 19.1. The van der Waals surface area contributed by atoms with Crippen molar-refractivity contribution in [3.8, 4) is 0 Å². The maximum absolute atomic E-state index is 13.9. The summed E-state index contributed by atoms with van der Waals surface area (Å²) < 4.78 is 5.25. The van der Waals surface area contributed by atoms with Gasteiger partial charge in [-0.2, -0.15) is 0 Å². The molecule has 0 aliphatic rings. The van der Waals surface area contributed by atoms with Gasteiger partial charge in [0, 0.05) is 18.2 Å². The molecule has 3 rings (SSSR count). The Labute approximate surface area is 186 Å². The fraction of sp³-hybridized carbons (Fsp3) is 0.259. The van der Waals surface area contributed by atoms with Crippen LogP contribution in [0, 0.1) is 34.6 Å². The second-order valence-corrected chi connectivity index (χ2v) is 10.1. The van der Waals surface area contributed by atoms with Gasteiger partial charge in [0.1, 0.15) is 0 Å². The Morgan fingerprint density at radius 2 is 1.19 bits per heavy atom. The summed E-state index contributed by atoms with van der Waals surface area (Å²) in [6.45, 7) is 10.3. The number of methoxy groups -OCH3 is 1. The van der Waals surface area contributed by atoms with E-state index in [2.05, 4.69) is 0 Å². The van der Waals surface area contributed by atoms with Gasteiger partial charge < -0.3 is 4.74 Å². The van der Waals surface area contributed by atoms with E-state index in [0.29, 0.717) is 17.7 Å². The molecule has 0 saturated carbocycles. The number of carbonyl (C=O) groups excluding carboxylic acids is 2. The van der Waals surface area contributed by atoms with Crippen LogP contribution in [0.5, 0.6) is 0 Å². The molecule has 0 aliphatic carbocycles. The molecule has 0 aromatic heterocycles. The van der Waals surface area contributed by atoms with Crippen LogP contribution in [0.15, 0.2) is 54.6 Å². The lowest BCUT2D eigenvalue weighted by molar-refractivity contribution is 0.105. The van der Waals surface area contributed by atoms with Gasteiger partial charge in [-0.3, -0.25) is 9.59 Å². The molecule has 0 spiro atoms. The van der Waals surface area contributed by atoms with Crippen molar-refractivity contribution in [1.29, 1.82) is 0 Å². The van der Waals surface area contributed by atoms with Gasteiger partial charge in [0.2, 0.25) is 0 Å². The van der Waals surface area contributed by atoms with E-state index in [9.17, 15) is 9.59 Å². The summed E-state index contributed by atoms with van der Waals surface area (Å²) in [5.74, 6) is 0. The third-order valence-electron chi connectivity index (χ3n) is 5.43. The molecule has 3 nitrogen and oxygen atoms in total. The first-order valence-electron chi connectivity index (χ1n) is 10.3. The van der Waals surface area contributed by atoms with Gasteiger partial charge in [0.15, 0.2) is 11.0 Å². The van der Waals surface area contributed by atoms with E-state index in [-0.39, 0.29) is 11.0 Å². The van der Waals surface area contributed by atoms with Crippen LogP contribution in [0.4, 0.5) is 0 Å². The topological polar surface area (TPSA) is 43.4 Å². The summed E-state index contributed by atoms with van der Waals surface area (Å²) in [6, 6.07) is 17.5. The minimum atomic E-state index is -1.73. The summed E-state index contributed by atoms with van der Waals surface area (Å²) in [4.78, 5) is 27.8. The van der Waals surface area contributed by atoms with Crippen molar-refractivity contribution in [3.63, 3.8) is 0 Å². The Bertz CT molecular complexity index is 1090. The molecule has 0 radical (unpaired) electrons. The Kier molecular flexibility index (Phi) is 7.20. The summed E-state index contributed by atoms with van der Waals surface area (Å²) in [7, 11) is -0.0757. The molecule has 4 heteroatoms. The van der Waals surface area contributed by atoms with E-state index in [0.717, 1.165) is 38.7 Å². The molecular formula is C27H29O3P. The normalized spacial score (nSPS) is 11.9. The highest BCUT2D eigenvalue weighted by Crippen LogP contribution is 2.45. The van der Waals surface area contributed by atoms with Gasteiger partial charge in [0.25, 0.3) is 0 Å². The average Bonchev–Trinajstić information content (AvgIpc) is 2.68. The van der Waals surface area contributed by atoms with Gasteiger partial charge in [0.05, 0.1) is 14.5 Å². The smallest absolute Gasteiger partial charge is 0.197 e. The van der Waals surface area contributed by atoms with Gasteiger partial charge in [-0.15, -0.1) is 0 Å². The highest BCUT2D eigenvalue weighted by Gasteiger charge is 2.33. The number of hydrogen-bond acceptors (Lipinski definition) is 3. The van der Waals surface area contributed by atoms with E-state index in [4.69, 9.17) is 4.74 Å². The van der Waals surface area contributed by atoms with E-state index in [1.165, 1.54) is 0 Å². The molecule has 3 aromatic rings. The second kappa shape index (κ2) is 9.68. The number of ether oxygens (including phenoxy) is 1. The number of benzene rings is 3. The van der Waals surface area contributed by atoms with Crippen molar-refractivity contribution >= 4 is 24.3 Å². The standard InChI is InChI=1S/C27H29O3P/c1-17-12-18(2)24(19(3)13-17)26(28)31(23-10-8-7-9-11-23)27(29)25-20(4)14-22(16-30-6)15-21(25)5/h7-15H,16H2,1-6H3. The van der Waals surface area contributed by atoms with Crippen LogP contribution in [0.2, 0.25) is 0 Å². The summed E-state index contributed by atoms with van der Waals surface area (Å²) >= 11 is 0. The SMILES string of the molecule is COCc1cc(C)c(C(=O)P(C(=O)c2c(C)cc(C)cc2C)c2ccccc2)c(C)c1. The molecule has 0 N–H and O–H groups in total. The number of hydrogen-bond donors (Lipinski definition) is 0. The third kappa shape index (κ3) is 4.84. The van der Waals surface area contributed by atoms with Crippen LogP contribution in [-0.2, 0) is 11.3 Å². The van der Waals surface area contributed by atoms with Crippen LogP contribution < -0.4 is 5.30 Å². The van der Waals surface area contributed by atoms with Crippen molar-refractivity contribution in [3.05, 3.63) is 99.1 Å². The predicted molar refractivity (Wildman–Crippen MR) is 129 cm³/mol. The summed E-state index contributed by atoms with van der Waals surface area (Å²) in [5, 5.41) is 0.784. The summed E-state index contributed by atoms with van der Waals surface area (Å²) in [6.07, 6.45) is 0. The Morgan fingerprint density at radius 1 is 0.742 bits per heavy atom. The van der Waals surface area contributed by atoms with Crippen molar-refractivity contribution in [2.75, 3.05) is 7.11 Å². The fourth-order valence-electron chi connectivity index (χ4n) is 4.29. The maximum atomic E-state index is 13.9. The number of carbonyl (C=O) groups is 2. The average molecular weight is 433 g/mol. The molecule has 1 atom stereocenters. The van der Waals surface area contributed by atoms with E-state index >= 15 is 0 Å². The maximum Gasteiger partial charge on any atom is 0.197 e. The molecular weight excluding hydrogens is 403 g/mol. The molecule has 3 aromatic carbocycles. The van der Waals surface area contributed by atoms with Crippen LogP contribution in [0.25, 0.3) is 0 Å². The lowest BCUT2D eigenvalue weighted by Gasteiger charge is -2.21. The molecule has 160 valence electrons. The third-order valence-corrected chi connectivity index (χ3v) is 7.50. The molecule has 0 saturated heterocycles. The Balaban J connectivity index is 2.16. The van der Waals surface area contributed by atoms with Crippen molar-refractivity contribution in [2.45, 2.75) is 41.2 Å². The van der Waals surface area contributed by atoms with Crippen LogP contribution in [-0.4, -0.2) is 18.2 Å². The lowest BCUT2D eigenvalue weighted by Crippen LogP contribution is -2.19. The first kappa shape index (κ1) is 23.1. The first-order valence-corrected chi connectivity index (χ1v) is 11.7. The van der Waals surface area contributed by atoms with Crippen LogP contribution in [0.3, 0.4) is 0 Å². The largest absolute Gasteiger partial charge is 0.380 e. The molecule has 0 fully saturated rings. The Morgan fingerprint density at radius 3 is 1.65 bits per heavy atom. The van der Waals surface area contributed by atoms with Gasteiger partial charge in [-0.25, -0.2) is 0 Å². The monoisotopic (exact) mass is 432 g/mol. The van der Waals surface area contributed by atoms with Crippen molar-refractivity contribution < 1.29 is 14.3 Å². The van der Waals surface area contributed by atoms with Gasteiger partial charge in [-0.1, -0.05) is 60.2 Å². The van der Waals surface area contributed by atoms with E-state index in [1.54, 1.807) is 7.11 Å². The Hall–Kier alpha value is -2.61. The van der Waals surface area contributed by atoms with E-state index < -0.39 is 7.92 Å². The van der Waals surface area contributed by atoms with E-state index in [1.807, 2.05) is 89.2 Å². The highest BCUT2D eigenvalue weighted by molar-refractivity contribution is 7.96. The number of rotatable bonds is 7. The fourth-order valence-corrected chi connectivity index (χ4v) is 6.56. The van der Waals surface area contributed by atoms with Crippen molar-refractivity contribution in [1.82, 2.24) is 0 Å². The summed E-state index contributed by atoms with van der Waals surface area (Å²) in [5.41, 5.74) is 6.87. The van der Waals surface area contributed by atoms with Gasteiger partial charge in [-0.05, 0) is 67.7 Å².